The molecular weight excluding hydrogens is 302 g/mol. The third kappa shape index (κ3) is 1.86. The largest absolute Gasteiger partial charge is 0.488 e. The summed E-state index contributed by atoms with van der Waals surface area (Å²) in [4.78, 5) is 4.45. The van der Waals surface area contributed by atoms with Gasteiger partial charge in [0.05, 0.1) is 17.1 Å². The first-order valence-electron chi connectivity index (χ1n) is 8.55. The van der Waals surface area contributed by atoms with Crippen LogP contribution in [-0.4, -0.2) is 39.3 Å². The van der Waals surface area contributed by atoms with Gasteiger partial charge in [0, 0.05) is 32.7 Å². The Bertz CT molecular complexity index is 710. The number of hydrogen-bond donors (Lipinski definition) is 1. The molecule has 0 aromatic heterocycles. The highest BCUT2D eigenvalue weighted by Gasteiger charge is 2.42. The number of rotatable bonds is 0. The van der Waals surface area contributed by atoms with Crippen LogP contribution >= 0.6 is 0 Å². The van der Waals surface area contributed by atoms with Crippen LogP contribution in [0.15, 0.2) is 0 Å². The van der Waals surface area contributed by atoms with Crippen molar-refractivity contribution in [3.63, 3.8) is 0 Å². The van der Waals surface area contributed by atoms with E-state index in [2.05, 4.69) is 41.4 Å². The van der Waals surface area contributed by atoms with Crippen LogP contribution in [0.3, 0.4) is 0 Å². The van der Waals surface area contributed by atoms with E-state index in [1.54, 1.807) is 0 Å². The van der Waals surface area contributed by atoms with Crippen molar-refractivity contribution in [1.82, 2.24) is 0 Å². The smallest absolute Gasteiger partial charge is 0.163 e. The zero-order valence-electron chi connectivity index (χ0n) is 14.1. The molecule has 1 N–H and O–H groups in total. The standard InChI is InChI=1S/C18H21N5O/c1-22-13-5-3-4-6-14(13)23(2)17-12(10-20)18-15(21-7-8-24-18)11(9-19)16(17)22/h13-14,21H,3-8H2,1-2H3. The lowest BCUT2D eigenvalue weighted by Gasteiger charge is -2.50. The molecule has 2 unspecified atom stereocenters. The Morgan fingerprint density at radius 1 is 1.00 bits per heavy atom. The summed E-state index contributed by atoms with van der Waals surface area (Å²) in [5.74, 6) is 0.536. The molecule has 1 aromatic rings. The molecule has 24 heavy (non-hydrogen) atoms. The molecule has 0 radical (unpaired) electrons. The van der Waals surface area contributed by atoms with Gasteiger partial charge in [0.25, 0.3) is 0 Å². The van der Waals surface area contributed by atoms with Crippen LogP contribution in [0.2, 0.25) is 0 Å². The Balaban J connectivity index is 2.03. The van der Waals surface area contributed by atoms with E-state index in [1.807, 2.05) is 0 Å². The van der Waals surface area contributed by atoms with E-state index in [4.69, 9.17) is 4.74 Å². The van der Waals surface area contributed by atoms with Gasteiger partial charge in [-0.25, -0.2) is 0 Å². The molecule has 2 aliphatic heterocycles. The number of nitriles is 2. The van der Waals surface area contributed by atoms with Crippen LogP contribution in [0.5, 0.6) is 5.75 Å². The second-order valence-electron chi connectivity index (χ2n) is 6.79. The molecule has 1 aliphatic carbocycles. The minimum Gasteiger partial charge on any atom is -0.488 e. The van der Waals surface area contributed by atoms with Crippen molar-refractivity contribution in [2.24, 2.45) is 0 Å². The number of hydrogen-bond acceptors (Lipinski definition) is 6. The molecule has 6 heteroatoms. The van der Waals surface area contributed by atoms with Crippen molar-refractivity contribution < 1.29 is 4.74 Å². The highest BCUT2D eigenvalue weighted by molar-refractivity contribution is 5.94. The number of nitrogens with one attached hydrogen (secondary N) is 1. The summed E-state index contributed by atoms with van der Waals surface area (Å²) in [7, 11) is 4.12. The maximum Gasteiger partial charge on any atom is 0.163 e. The fraction of sp³-hybridized carbons (Fsp3) is 0.556. The predicted octanol–water partition coefficient (Wildman–Crippen LogP) is 2.43. The number of likely N-dealkylation sites (N-methyl/N-ethyl adjacent to an activating group) is 2. The number of benzene rings is 1. The first-order chi connectivity index (χ1) is 11.7. The Labute approximate surface area is 142 Å². The maximum absolute atomic E-state index is 9.84. The fourth-order valence-corrected chi connectivity index (χ4v) is 4.57. The summed E-state index contributed by atoms with van der Waals surface area (Å²) in [6.07, 6.45) is 4.67. The predicted molar refractivity (Wildman–Crippen MR) is 92.7 cm³/mol. The molecule has 4 rings (SSSR count). The molecule has 0 bridgehead atoms. The van der Waals surface area contributed by atoms with Crippen LogP contribution in [-0.2, 0) is 0 Å². The van der Waals surface area contributed by atoms with Crippen molar-refractivity contribution >= 4 is 17.1 Å². The lowest BCUT2D eigenvalue weighted by Crippen LogP contribution is -2.55. The topological polar surface area (TPSA) is 75.3 Å². The highest BCUT2D eigenvalue weighted by Crippen LogP contribution is 2.52. The van der Waals surface area contributed by atoms with Crippen LogP contribution < -0.4 is 19.9 Å². The van der Waals surface area contributed by atoms with E-state index >= 15 is 0 Å². The SMILES string of the molecule is CN1c2c(C#N)c3c(c(C#N)c2N(C)C2CCCCC21)OCCN3. The molecule has 1 aromatic carbocycles. The molecule has 0 saturated heterocycles. The maximum atomic E-state index is 9.84. The van der Waals surface area contributed by atoms with Crippen LogP contribution in [0, 0.1) is 22.7 Å². The Morgan fingerprint density at radius 3 is 2.17 bits per heavy atom. The van der Waals surface area contributed by atoms with E-state index in [-0.39, 0.29) is 0 Å². The molecule has 2 atom stereocenters. The van der Waals surface area contributed by atoms with Crippen molar-refractivity contribution in [3.05, 3.63) is 11.1 Å². The molecule has 1 saturated carbocycles. The lowest BCUT2D eigenvalue weighted by atomic mass is 9.84. The quantitative estimate of drug-likeness (QED) is 0.790. The molecule has 3 aliphatic rings. The van der Waals surface area contributed by atoms with Gasteiger partial charge in [0.1, 0.15) is 29.9 Å². The summed E-state index contributed by atoms with van der Waals surface area (Å²) in [6.45, 7) is 1.16. The summed E-state index contributed by atoms with van der Waals surface area (Å²) in [5, 5.41) is 22.9. The first kappa shape index (κ1) is 15.0. The number of ether oxygens (including phenoxy) is 1. The third-order valence-corrected chi connectivity index (χ3v) is 5.67. The fourth-order valence-electron chi connectivity index (χ4n) is 4.57. The van der Waals surface area contributed by atoms with Gasteiger partial charge in [0.15, 0.2) is 5.75 Å². The van der Waals surface area contributed by atoms with Crippen molar-refractivity contribution in [2.45, 2.75) is 37.8 Å². The number of fused-ring (bicyclic) bond motifs is 3. The molecule has 124 valence electrons. The molecule has 0 spiro atoms. The average molecular weight is 323 g/mol. The summed E-state index contributed by atoms with van der Waals surface area (Å²) < 4.78 is 5.79. The first-order valence-corrected chi connectivity index (χ1v) is 8.55. The number of nitrogens with zero attached hydrogens (tertiary/aromatic N) is 4. The van der Waals surface area contributed by atoms with Gasteiger partial charge in [-0.05, 0) is 12.8 Å². The van der Waals surface area contributed by atoms with E-state index in [0.717, 1.165) is 24.2 Å². The van der Waals surface area contributed by atoms with Gasteiger partial charge in [-0.1, -0.05) is 12.8 Å². The van der Waals surface area contributed by atoms with Crippen molar-refractivity contribution in [2.75, 3.05) is 42.4 Å². The second-order valence-corrected chi connectivity index (χ2v) is 6.79. The normalized spacial score (nSPS) is 24.5. The van der Waals surface area contributed by atoms with Crippen LogP contribution in [0.4, 0.5) is 17.1 Å². The van der Waals surface area contributed by atoms with Gasteiger partial charge >= 0.3 is 0 Å². The number of anilines is 3. The van der Waals surface area contributed by atoms with E-state index in [1.165, 1.54) is 12.8 Å². The van der Waals surface area contributed by atoms with Crippen molar-refractivity contribution in [1.29, 1.82) is 10.5 Å². The monoisotopic (exact) mass is 323 g/mol. The minimum atomic E-state index is 0.379. The Hall–Kier alpha value is -2.60. The highest BCUT2D eigenvalue weighted by atomic mass is 16.5. The summed E-state index contributed by atoms with van der Waals surface area (Å²) in [6, 6.07) is 5.46. The van der Waals surface area contributed by atoms with Gasteiger partial charge < -0.3 is 19.9 Å². The van der Waals surface area contributed by atoms with Gasteiger partial charge in [-0.15, -0.1) is 0 Å². The van der Waals surface area contributed by atoms with Crippen LogP contribution in [0.25, 0.3) is 0 Å². The van der Waals surface area contributed by atoms with Crippen molar-refractivity contribution in [3.8, 4) is 17.9 Å². The molecule has 1 fully saturated rings. The van der Waals surface area contributed by atoms with Gasteiger partial charge in [0.2, 0.25) is 0 Å². The van der Waals surface area contributed by atoms with Gasteiger partial charge in [-0.2, -0.15) is 10.5 Å². The average Bonchev–Trinajstić information content (AvgIpc) is 2.64. The Kier molecular flexibility index (Phi) is 3.42. The van der Waals surface area contributed by atoms with E-state index in [0.29, 0.717) is 47.8 Å². The third-order valence-electron chi connectivity index (χ3n) is 5.67. The molecule has 6 nitrogen and oxygen atoms in total. The zero-order valence-corrected chi connectivity index (χ0v) is 14.1. The molecule has 0 amide bonds. The minimum absolute atomic E-state index is 0.379. The lowest BCUT2D eigenvalue weighted by molar-refractivity contribution is 0.320. The van der Waals surface area contributed by atoms with Gasteiger partial charge in [-0.3, -0.25) is 0 Å². The molecule has 2 heterocycles. The summed E-state index contributed by atoms with van der Waals surface area (Å²) >= 11 is 0. The zero-order chi connectivity index (χ0) is 16.8. The second kappa shape index (κ2) is 5.49. The van der Waals surface area contributed by atoms with E-state index < -0.39 is 0 Å². The van der Waals surface area contributed by atoms with E-state index in [9.17, 15) is 10.5 Å². The summed E-state index contributed by atoms with van der Waals surface area (Å²) in [5.41, 5.74) is 3.54. The van der Waals surface area contributed by atoms with Crippen LogP contribution in [0.1, 0.15) is 36.8 Å². The Morgan fingerprint density at radius 2 is 1.58 bits per heavy atom. The molecular formula is C18H21N5O.